The Labute approximate surface area is 163 Å². The van der Waals surface area contributed by atoms with Crippen molar-refractivity contribution in [3.8, 4) is 0 Å². The minimum absolute atomic E-state index is 0.0867. The molecular formula is C20H36N4O3. The molecule has 0 aromatic carbocycles. The second-order valence-corrected chi connectivity index (χ2v) is 8.85. The number of rotatable bonds is 6. The molecule has 1 heterocycles. The van der Waals surface area contributed by atoms with Gasteiger partial charge in [-0.15, -0.1) is 0 Å². The van der Waals surface area contributed by atoms with E-state index < -0.39 is 17.2 Å². The van der Waals surface area contributed by atoms with Gasteiger partial charge in [0.2, 0.25) is 5.91 Å². The van der Waals surface area contributed by atoms with Crippen LogP contribution in [0.4, 0.5) is 4.79 Å². The molecule has 2 unspecified atom stereocenters. The Hall–Kier alpha value is -2.05. The number of nitrogens with zero attached hydrogens (tertiary/aromatic N) is 2. The third-order valence-electron chi connectivity index (χ3n) is 5.07. The van der Waals surface area contributed by atoms with Crippen molar-refractivity contribution >= 4 is 12.0 Å². The van der Waals surface area contributed by atoms with Crippen LogP contribution >= 0.6 is 0 Å². The van der Waals surface area contributed by atoms with Gasteiger partial charge in [-0.3, -0.25) is 9.48 Å². The Balaban J connectivity index is 2.88. The molecule has 154 valence electrons. The van der Waals surface area contributed by atoms with Crippen LogP contribution in [0.1, 0.15) is 71.3 Å². The first-order chi connectivity index (χ1) is 12.2. The van der Waals surface area contributed by atoms with E-state index in [1.165, 1.54) is 0 Å². The molecule has 0 saturated carbocycles. The molecule has 2 N–H and O–H groups in total. The maximum absolute atomic E-state index is 13.0. The monoisotopic (exact) mass is 380 g/mol. The minimum atomic E-state index is -0.605. The maximum atomic E-state index is 13.0. The van der Waals surface area contributed by atoms with Gasteiger partial charge in [-0.2, -0.15) is 5.10 Å². The number of nitrogens with one attached hydrogen (secondary N) is 2. The van der Waals surface area contributed by atoms with Gasteiger partial charge < -0.3 is 15.4 Å². The standard InChI is InChI=1S/C20H36N4O3/c1-12(2)20(9,11-21-18(26)27-19(6,7)8)22-17(25)13(3)16-14(4)23-24(10)15(16)5/h12-13H,11H2,1-10H3,(H,21,26)(H,22,25). The zero-order valence-corrected chi connectivity index (χ0v) is 18.5. The lowest BCUT2D eigenvalue weighted by Gasteiger charge is -2.36. The molecule has 27 heavy (non-hydrogen) atoms. The lowest BCUT2D eigenvalue weighted by Crippen LogP contribution is -2.58. The first-order valence-electron chi connectivity index (χ1n) is 9.47. The predicted molar refractivity (Wildman–Crippen MR) is 107 cm³/mol. The van der Waals surface area contributed by atoms with Crippen LogP contribution in [0.3, 0.4) is 0 Å². The smallest absolute Gasteiger partial charge is 0.407 e. The molecule has 2 atom stereocenters. The average molecular weight is 381 g/mol. The van der Waals surface area contributed by atoms with Crippen molar-refractivity contribution in [2.24, 2.45) is 13.0 Å². The zero-order valence-electron chi connectivity index (χ0n) is 18.5. The average Bonchev–Trinajstić information content (AvgIpc) is 2.75. The van der Waals surface area contributed by atoms with Gasteiger partial charge in [0.15, 0.2) is 0 Å². The highest BCUT2D eigenvalue weighted by Gasteiger charge is 2.34. The van der Waals surface area contributed by atoms with E-state index in [0.29, 0.717) is 0 Å². The highest BCUT2D eigenvalue weighted by Crippen LogP contribution is 2.25. The number of hydrogen-bond donors (Lipinski definition) is 2. The zero-order chi connectivity index (χ0) is 21.2. The second kappa shape index (κ2) is 8.31. The highest BCUT2D eigenvalue weighted by molar-refractivity contribution is 5.84. The van der Waals surface area contributed by atoms with E-state index in [1.54, 1.807) is 4.68 Å². The van der Waals surface area contributed by atoms with Crippen LogP contribution < -0.4 is 10.6 Å². The summed E-state index contributed by atoms with van der Waals surface area (Å²) in [7, 11) is 1.87. The van der Waals surface area contributed by atoms with Crippen LogP contribution in [0.2, 0.25) is 0 Å². The lowest BCUT2D eigenvalue weighted by atomic mass is 9.87. The molecular weight excluding hydrogens is 344 g/mol. The summed E-state index contributed by atoms with van der Waals surface area (Å²) in [6.07, 6.45) is -0.490. The van der Waals surface area contributed by atoms with Gasteiger partial charge in [0.1, 0.15) is 5.60 Å². The van der Waals surface area contributed by atoms with Gasteiger partial charge >= 0.3 is 6.09 Å². The fourth-order valence-corrected chi connectivity index (χ4v) is 2.90. The van der Waals surface area contributed by atoms with Crippen LogP contribution in [0, 0.1) is 19.8 Å². The molecule has 0 aliphatic heterocycles. The molecule has 0 spiro atoms. The van der Waals surface area contributed by atoms with Crippen LogP contribution in [-0.4, -0.2) is 39.5 Å². The summed E-state index contributed by atoms with van der Waals surface area (Å²) < 4.78 is 7.09. The number of carbonyl (C=O) groups is 2. The molecule has 7 nitrogen and oxygen atoms in total. The Kier molecular flexibility index (Phi) is 7.08. The van der Waals surface area contributed by atoms with Gasteiger partial charge in [0, 0.05) is 24.8 Å². The second-order valence-electron chi connectivity index (χ2n) is 8.85. The number of carbonyl (C=O) groups excluding carboxylic acids is 2. The summed E-state index contributed by atoms with van der Waals surface area (Å²) in [5.74, 6) is -0.311. The van der Waals surface area contributed by atoms with Crippen LogP contribution in [0.5, 0.6) is 0 Å². The third kappa shape index (κ3) is 5.97. The van der Waals surface area contributed by atoms with E-state index in [1.807, 2.05) is 69.4 Å². The van der Waals surface area contributed by atoms with E-state index >= 15 is 0 Å². The van der Waals surface area contributed by atoms with E-state index in [2.05, 4.69) is 15.7 Å². The van der Waals surface area contributed by atoms with Crippen LogP contribution in [-0.2, 0) is 16.6 Å². The summed E-state index contributed by atoms with van der Waals surface area (Å²) in [5.41, 5.74) is 1.61. The van der Waals surface area contributed by atoms with Crippen molar-refractivity contribution in [1.82, 2.24) is 20.4 Å². The Morgan fingerprint density at radius 1 is 1.15 bits per heavy atom. The van der Waals surface area contributed by atoms with Crippen molar-refractivity contribution in [3.63, 3.8) is 0 Å². The van der Waals surface area contributed by atoms with Crippen molar-refractivity contribution in [2.75, 3.05) is 6.54 Å². The lowest BCUT2D eigenvalue weighted by molar-refractivity contribution is -0.124. The summed E-state index contributed by atoms with van der Waals surface area (Å²) in [6, 6.07) is 0. The third-order valence-corrected chi connectivity index (χ3v) is 5.07. The summed E-state index contributed by atoms with van der Waals surface area (Å²) in [4.78, 5) is 25.0. The SMILES string of the molecule is Cc1nn(C)c(C)c1C(C)C(=O)NC(C)(CNC(=O)OC(C)(C)C)C(C)C. The number of hydrogen-bond acceptors (Lipinski definition) is 4. The normalized spacial score (nSPS) is 15.2. The van der Waals surface area contributed by atoms with E-state index in [9.17, 15) is 9.59 Å². The molecule has 1 aromatic rings. The van der Waals surface area contributed by atoms with Gasteiger partial charge in [-0.1, -0.05) is 13.8 Å². The number of amides is 2. The molecule has 0 aliphatic rings. The summed E-state index contributed by atoms with van der Waals surface area (Å²) in [6.45, 7) is 17.5. The van der Waals surface area contributed by atoms with E-state index in [0.717, 1.165) is 17.0 Å². The quantitative estimate of drug-likeness (QED) is 0.794. The highest BCUT2D eigenvalue weighted by atomic mass is 16.6. The minimum Gasteiger partial charge on any atom is -0.444 e. The first-order valence-corrected chi connectivity index (χ1v) is 9.47. The molecule has 0 radical (unpaired) electrons. The number of aromatic nitrogens is 2. The van der Waals surface area contributed by atoms with Crippen LogP contribution in [0.25, 0.3) is 0 Å². The molecule has 1 rings (SSSR count). The molecule has 1 aromatic heterocycles. The number of ether oxygens (including phenoxy) is 1. The fourth-order valence-electron chi connectivity index (χ4n) is 2.90. The summed E-state index contributed by atoms with van der Waals surface area (Å²) >= 11 is 0. The predicted octanol–water partition coefficient (Wildman–Crippen LogP) is 3.20. The topological polar surface area (TPSA) is 85.3 Å². The van der Waals surface area contributed by atoms with Crippen molar-refractivity contribution in [2.45, 2.75) is 79.4 Å². The Morgan fingerprint density at radius 3 is 2.11 bits per heavy atom. The number of aryl methyl sites for hydroxylation is 2. The van der Waals surface area contributed by atoms with Crippen molar-refractivity contribution < 1.29 is 14.3 Å². The fraction of sp³-hybridized carbons (Fsp3) is 0.750. The van der Waals surface area contributed by atoms with Crippen molar-refractivity contribution in [1.29, 1.82) is 0 Å². The Bertz CT molecular complexity index is 688. The van der Waals surface area contributed by atoms with E-state index in [4.69, 9.17) is 4.74 Å². The first kappa shape index (κ1) is 23.0. The van der Waals surface area contributed by atoms with Crippen LogP contribution in [0.15, 0.2) is 0 Å². The van der Waals surface area contributed by atoms with Gasteiger partial charge in [-0.05, 0) is 54.4 Å². The van der Waals surface area contributed by atoms with Gasteiger partial charge in [-0.25, -0.2) is 4.79 Å². The molecule has 0 fully saturated rings. The van der Waals surface area contributed by atoms with Gasteiger partial charge in [0.25, 0.3) is 0 Å². The number of alkyl carbamates (subject to hydrolysis) is 1. The molecule has 7 heteroatoms. The van der Waals surface area contributed by atoms with Crippen molar-refractivity contribution in [3.05, 3.63) is 17.0 Å². The maximum Gasteiger partial charge on any atom is 0.407 e. The molecule has 0 aliphatic carbocycles. The molecule has 0 saturated heterocycles. The summed E-state index contributed by atoms with van der Waals surface area (Å²) in [5, 5.41) is 10.3. The Morgan fingerprint density at radius 2 is 1.70 bits per heavy atom. The molecule has 0 bridgehead atoms. The van der Waals surface area contributed by atoms with E-state index in [-0.39, 0.29) is 24.3 Å². The largest absolute Gasteiger partial charge is 0.444 e. The van der Waals surface area contributed by atoms with Gasteiger partial charge in [0.05, 0.1) is 17.2 Å². The molecule has 2 amide bonds.